The van der Waals surface area contributed by atoms with Crippen LogP contribution in [0.3, 0.4) is 0 Å². The standard InChI is InChI=1S/C31H31Br2ClN4O7/c1-4-43-25-12-19(28-27(30(40)42-3)17(2)36-31(41)37-28)7-10-24(25)44-16-26(39)38-35-14-20-11-22(34)13-23(33)29(20)45-15-18-5-8-21(32)9-6-18/h5-14,26,28,38-39H,4,15-16H2,1-3H3,(H2,36,37,41)/b35-14+/t26-,28-/m1/s1. The number of aliphatic hydroxyl groups is 1. The molecule has 238 valence electrons. The summed E-state index contributed by atoms with van der Waals surface area (Å²) in [5.41, 5.74) is 5.41. The fourth-order valence-electron chi connectivity index (χ4n) is 4.38. The Morgan fingerprint density at radius 2 is 1.87 bits per heavy atom. The Hall–Kier alpha value is -3.78. The van der Waals surface area contributed by atoms with E-state index in [2.05, 4.69) is 53.0 Å². The Balaban J connectivity index is 1.42. The number of amides is 2. The molecule has 3 aromatic carbocycles. The molecule has 11 nitrogen and oxygen atoms in total. The third-order valence-corrected chi connectivity index (χ3v) is 7.77. The molecule has 2 amide bonds. The first kappa shape index (κ1) is 34.1. The number of benzene rings is 3. The van der Waals surface area contributed by atoms with Crippen molar-refractivity contribution >= 4 is 61.7 Å². The summed E-state index contributed by atoms with van der Waals surface area (Å²) in [5.74, 6) is 0.655. The van der Waals surface area contributed by atoms with Crippen molar-refractivity contribution in [1.82, 2.24) is 16.1 Å². The van der Waals surface area contributed by atoms with Gasteiger partial charge in [0.2, 0.25) is 0 Å². The summed E-state index contributed by atoms with van der Waals surface area (Å²) in [6.45, 7) is 3.90. The molecule has 1 heterocycles. The molecule has 14 heteroatoms. The van der Waals surface area contributed by atoms with E-state index in [9.17, 15) is 14.7 Å². The number of carbonyl (C=O) groups excluding carboxylic acids is 2. The van der Waals surface area contributed by atoms with Gasteiger partial charge in [-0.1, -0.05) is 45.7 Å². The normalized spacial score (nSPS) is 15.3. The zero-order chi connectivity index (χ0) is 32.5. The van der Waals surface area contributed by atoms with Gasteiger partial charge in [-0.15, -0.1) is 0 Å². The molecular weight excluding hydrogens is 736 g/mol. The van der Waals surface area contributed by atoms with Crippen molar-refractivity contribution in [3.63, 3.8) is 0 Å². The van der Waals surface area contributed by atoms with E-state index in [0.29, 0.717) is 56.8 Å². The van der Waals surface area contributed by atoms with Gasteiger partial charge in [0.25, 0.3) is 0 Å². The number of hydrazone groups is 1. The molecule has 0 bridgehead atoms. The molecule has 1 aliphatic heterocycles. The first-order valence-corrected chi connectivity index (χ1v) is 15.6. The van der Waals surface area contributed by atoms with Gasteiger partial charge in [-0.25, -0.2) is 9.59 Å². The topological polar surface area (TPSA) is 140 Å². The van der Waals surface area contributed by atoms with Crippen molar-refractivity contribution in [2.75, 3.05) is 20.3 Å². The number of nitrogens with one attached hydrogen (secondary N) is 3. The van der Waals surface area contributed by atoms with E-state index < -0.39 is 24.3 Å². The van der Waals surface area contributed by atoms with Gasteiger partial charge in [-0.3, -0.25) is 5.43 Å². The quantitative estimate of drug-likeness (QED) is 0.0724. The van der Waals surface area contributed by atoms with Crippen LogP contribution in [0.15, 0.2) is 79.9 Å². The fraction of sp³-hybridized carbons (Fsp3) is 0.258. The second-order valence-corrected chi connectivity index (χ2v) is 11.8. The van der Waals surface area contributed by atoms with Crippen LogP contribution in [0.2, 0.25) is 5.02 Å². The van der Waals surface area contributed by atoms with Gasteiger partial charge >= 0.3 is 12.0 Å². The minimum Gasteiger partial charge on any atom is -0.490 e. The van der Waals surface area contributed by atoms with Crippen molar-refractivity contribution in [2.45, 2.75) is 32.7 Å². The molecule has 0 radical (unpaired) electrons. The van der Waals surface area contributed by atoms with Gasteiger partial charge in [0.15, 0.2) is 17.7 Å². The van der Waals surface area contributed by atoms with Crippen LogP contribution in [0.1, 0.15) is 36.6 Å². The highest BCUT2D eigenvalue weighted by Gasteiger charge is 2.32. The average Bonchev–Trinajstić information content (AvgIpc) is 3.00. The van der Waals surface area contributed by atoms with Crippen molar-refractivity contribution in [1.29, 1.82) is 0 Å². The summed E-state index contributed by atoms with van der Waals surface area (Å²) in [7, 11) is 1.27. The molecule has 3 aromatic rings. The molecule has 0 unspecified atom stereocenters. The molecule has 4 rings (SSSR count). The predicted octanol–water partition coefficient (Wildman–Crippen LogP) is 5.96. The minimum absolute atomic E-state index is 0.181. The van der Waals surface area contributed by atoms with Gasteiger partial charge in [0.1, 0.15) is 19.0 Å². The smallest absolute Gasteiger partial charge is 0.337 e. The molecule has 0 fully saturated rings. The zero-order valence-electron chi connectivity index (χ0n) is 24.5. The molecule has 0 aliphatic carbocycles. The number of urea groups is 1. The lowest BCUT2D eigenvalue weighted by atomic mass is 9.95. The van der Waals surface area contributed by atoms with E-state index in [0.717, 1.165) is 10.0 Å². The number of nitrogens with zero attached hydrogens (tertiary/aromatic N) is 1. The second kappa shape index (κ2) is 16.0. The first-order valence-electron chi connectivity index (χ1n) is 13.7. The first-order chi connectivity index (χ1) is 21.6. The molecule has 1 aliphatic rings. The van der Waals surface area contributed by atoms with E-state index in [1.165, 1.54) is 13.3 Å². The maximum Gasteiger partial charge on any atom is 0.337 e. The van der Waals surface area contributed by atoms with Gasteiger partial charge in [0, 0.05) is 20.8 Å². The molecule has 45 heavy (non-hydrogen) atoms. The monoisotopic (exact) mass is 764 g/mol. The van der Waals surface area contributed by atoms with E-state index in [4.69, 9.17) is 30.5 Å². The Morgan fingerprint density at radius 3 is 2.58 bits per heavy atom. The van der Waals surface area contributed by atoms with Crippen LogP contribution >= 0.6 is 43.5 Å². The van der Waals surface area contributed by atoms with Gasteiger partial charge < -0.3 is 34.7 Å². The van der Waals surface area contributed by atoms with Crippen LogP contribution in [0.25, 0.3) is 0 Å². The summed E-state index contributed by atoms with van der Waals surface area (Å²) < 4.78 is 24.2. The third-order valence-electron chi connectivity index (χ3n) is 6.43. The van der Waals surface area contributed by atoms with Crippen LogP contribution in [-0.4, -0.2) is 49.9 Å². The van der Waals surface area contributed by atoms with Gasteiger partial charge in [0.05, 0.1) is 36.0 Å². The molecule has 0 saturated carbocycles. The van der Waals surface area contributed by atoms with Crippen molar-refractivity contribution in [2.24, 2.45) is 5.10 Å². The molecule has 4 N–H and O–H groups in total. The van der Waals surface area contributed by atoms with E-state index in [-0.39, 0.29) is 12.2 Å². The van der Waals surface area contributed by atoms with Crippen LogP contribution in [0.4, 0.5) is 4.79 Å². The van der Waals surface area contributed by atoms with Crippen LogP contribution in [0.5, 0.6) is 17.2 Å². The molecular formula is C31H31Br2ClN4O7. The number of hydrogen-bond donors (Lipinski definition) is 4. The van der Waals surface area contributed by atoms with Crippen LogP contribution < -0.4 is 30.3 Å². The van der Waals surface area contributed by atoms with Crippen LogP contribution in [-0.2, 0) is 16.1 Å². The maximum atomic E-state index is 12.5. The largest absolute Gasteiger partial charge is 0.490 e. The third kappa shape index (κ3) is 9.13. The lowest BCUT2D eigenvalue weighted by Gasteiger charge is -2.28. The minimum atomic E-state index is -1.19. The Labute approximate surface area is 282 Å². The molecule has 0 aromatic heterocycles. The molecule has 2 atom stereocenters. The number of hydrogen-bond acceptors (Lipinski definition) is 9. The lowest BCUT2D eigenvalue weighted by Crippen LogP contribution is -2.45. The molecule has 0 spiro atoms. The summed E-state index contributed by atoms with van der Waals surface area (Å²) in [6.07, 6.45) is 0.296. The number of esters is 1. The summed E-state index contributed by atoms with van der Waals surface area (Å²) in [6, 6.07) is 15.0. The second-order valence-electron chi connectivity index (χ2n) is 9.64. The lowest BCUT2D eigenvalue weighted by molar-refractivity contribution is -0.136. The van der Waals surface area contributed by atoms with E-state index in [1.807, 2.05) is 31.2 Å². The van der Waals surface area contributed by atoms with Gasteiger partial charge in [-0.05, 0) is 77.3 Å². The van der Waals surface area contributed by atoms with E-state index in [1.54, 1.807) is 37.3 Å². The SMILES string of the molecule is CCOc1cc([C@H]2NC(=O)NC(C)=C2C(=O)OC)ccc1OC[C@@H](O)N/N=C/c1cc(Cl)cc(Br)c1OCc1ccc(Br)cc1. The number of rotatable bonds is 13. The number of halogens is 3. The Bertz CT molecular complexity index is 1600. The fourth-order valence-corrected chi connectivity index (χ4v) is 5.59. The summed E-state index contributed by atoms with van der Waals surface area (Å²) in [4.78, 5) is 24.6. The number of carbonyl (C=O) groups is 2. The van der Waals surface area contributed by atoms with Gasteiger partial charge in [-0.2, -0.15) is 5.10 Å². The predicted molar refractivity (Wildman–Crippen MR) is 177 cm³/mol. The average molecular weight is 767 g/mol. The number of aliphatic hydroxyl groups excluding tert-OH is 1. The Morgan fingerprint density at radius 1 is 1.11 bits per heavy atom. The summed E-state index contributed by atoms with van der Waals surface area (Å²) >= 11 is 13.2. The summed E-state index contributed by atoms with van der Waals surface area (Å²) in [5, 5.41) is 20.5. The van der Waals surface area contributed by atoms with E-state index >= 15 is 0 Å². The highest BCUT2D eigenvalue weighted by molar-refractivity contribution is 9.10. The van der Waals surface area contributed by atoms with Crippen LogP contribution in [0, 0.1) is 0 Å². The number of ether oxygens (including phenoxy) is 4. The van der Waals surface area contributed by atoms with Crippen molar-refractivity contribution < 1.29 is 33.6 Å². The maximum absolute atomic E-state index is 12.5. The zero-order valence-corrected chi connectivity index (χ0v) is 28.5. The molecule has 0 saturated heterocycles. The number of methoxy groups -OCH3 is 1. The highest BCUT2D eigenvalue weighted by Crippen LogP contribution is 2.35. The van der Waals surface area contributed by atoms with Crippen molar-refractivity contribution in [3.05, 3.63) is 96.5 Å². The highest BCUT2D eigenvalue weighted by atomic mass is 79.9. The Kier molecular flexibility index (Phi) is 12.1. The number of allylic oxidation sites excluding steroid dienone is 1. The van der Waals surface area contributed by atoms with Crippen molar-refractivity contribution in [3.8, 4) is 17.2 Å².